The fraction of sp³-hybridized carbons (Fsp3) is 0.455. The Bertz CT molecular complexity index is 610. The molecule has 2 aromatic rings. The minimum atomic E-state index is 0.266. The highest BCUT2D eigenvalue weighted by molar-refractivity contribution is 5.34. The molecule has 128 valence electrons. The van der Waals surface area contributed by atoms with Crippen molar-refractivity contribution in [1.82, 2.24) is 5.32 Å². The van der Waals surface area contributed by atoms with E-state index in [1.165, 1.54) is 11.1 Å². The summed E-state index contributed by atoms with van der Waals surface area (Å²) < 4.78 is 0. The summed E-state index contributed by atoms with van der Waals surface area (Å²) in [5, 5.41) is 13.2. The van der Waals surface area contributed by atoms with E-state index >= 15 is 0 Å². The van der Waals surface area contributed by atoms with Gasteiger partial charge in [-0.3, -0.25) is 0 Å². The summed E-state index contributed by atoms with van der Waals surface area (Å²) in [4.78, 5) is 0. The van der Waals surface area contributed by atoms with Gasteiger partial charge in [0, 0.05) is 30.5 Å². The predicted octanol–water partition coefficient (Wildman–Crippen LogP) is 4.32. The van der Waals surface area contributed by atoms with Crippen molar-refractivity contribution in [3.8, 4) is 0 Å². The van der Waals surface area contributed by atoms with Gasteiger partial charge in [-0.25, -0.2) is 0 Å². The molecule has 2 N–H and O–H groups in total. The number of nitrogens with one attached hydrogen (secondary N) is 1. The average molecular weight is 323 g/mol. The lowest BCUT2D eigenvalue weighted by Gasteiger charge is -2.28. The lowest BCUT2D eigenvalue weighted by Crippen LogP contribution is -2.35. The van der Waals surface area contributed by atoms with Gasteiger partial charge in [0.05, 0.1) is 0 Å². The Balaban J connectivity index is 2.01. The molecule has 0 unspecified atom stereocenters. The number of hydrogen-bond donors (Lipinski definition) is 2. The van der Waals surface area contributed by atoms with Crippen molar-refractivity contribution in [3.05, 3.63) is 71.8 Å². The van der Waals surface area contributed by atoms with Gasteiger partial charge >= 0.3 is 0 Å². The van der Waals surface area contributed by atoms with Crippen molar-refractivity contribution in [1.29, 1.82) is 0 Å². The van der Waals surface area contributed by atoms with E-state index in [0.717, 1.165) is 12.8 Å². The average Bonchev–Trinajstić information content (AvgIpc) is 3.01. The molecule has 4 atom stereocenters. The van der Waals surface area contributed by atoms with Gasteiger partial charge in [-0.2, -0.15) is 0 Å². The molecule has 0 amide bonds. The third kappa shape index (κ3) is 3.55. The fourth-order valence-electron chi connectivity index (χ4n) is 4.31. The van der Waals surface area contributed by atoms with Crippen LogP contribution < -0.4 is 5.32 Å². The number of aliphatic hydroxyl groups excluding tert-OH is 1. The van der Waals surface area contributed by atoms with Crippen molar-refractivity contribution in [2.45, 2.75) is 50.6 Å². The Hall–Kier alpha value is -1.64. The molecule has 0 radical (unpaired) electrons. The molecule has 2 nitrogen and oxygen atoms in total. The molecule has 1 heterocycles. The first-order valence-electron chi connectivity index (χ1n) is 9.19. The van der Waals surface area contributed by atoms with Crippen LogP contribution in [0.25, 0.3) is 0 Å². The largest absolute Gasteiger partial charge is 0.396 e. The van der Waals surface area contributed by atoms with E-state index in [4.69, 9.17) is 0 Å². The van der Waals surface area contributed by atoms with Gasteiger partial charge in [-0.15, -0.1) is 0 Å². The van der Waals surface area contributed by atoms with Gasteiger partial charge in [0.25, 0.3) is 0 Å². The summed E-state index contributed by atoms with van der Waals surface area (Å²) in [5.74, 6) is 1.49. The van der Waals surface area contributed by atoms with Crippen LogP contribution in [-0.4, -0.2) is 23.8 Å². The van der Waals surface area contributed by atoms with E-state index in [0.29, 0.717) is 29.8 Å². The molecule has 3 rings (SSSR count). The molecule has 1 aliphatic rings. The van der Waals surface area contributed by atoms with E-state index in [2.05, 4.69) is 79.8 Å². The van der Waals surface area contributed by atoms with Crippen LogP contribution in [0.15, 0.2) is 60.7 Å². The topological polar surface area (TPSA) is 32.3 Å². The molecule has 1 fully saturated rings. The lowest BCUT2D eigenvalue weighted by atomic mass is 9.75. The minimum Gasteiger partial charge on any atom is -0.396 e. The molecule has 2 aromatic carbocycles. The SMILES string of the molecule is CC(C)[C@H]1N[C@@H](CCCO)[C@@H](c2ccccc2)[C@@H]1c1ccccc1. The third-order valence-electron chi connectivity index (χ3n) is 5.37. The second-order valence-electron chi connectivity index (χ2n) is 7.28. The van der Waals surface area contributed by atoms with Gasteiger partial charge in [-0.1, -0.05) is 74.5 Å². The summed E-state index contributed by atoms with van der Waals surface area (Å²) >= 11 is 0. The summed E-state index contributed by atoms with van der Waals surface area (Å²) in [6.45, 7) is 4.89. The maximum Gasteiger partial charge on any atom is 0.0431 e. The van der Waals surface area contributed by atoms with Crippen molar-refractivity contribution in [2.75, 3.05) is 6.61 Å². The Labute approximate surface area is 145 Å². The molecular weight excluding hydrogens is 294 g/mol. The standard InChI is InChI=1S/C22H29NO/c1-16(2)22-21(18-12-7-4-8-13-18)20(17-10-5-3-6-11-17)19(23-22)14-9-15-24/h3-8,10-13,16,19-24H,9,14-15H2,1-2H3/t19-,20+,21-,22+/m0/s1. The molecule has 24 heavy (non-hydrogen) atoms. The summed E-state index contributed by atoms with van der Waals surface area (Å²) in [5.41, 5.74) is 2.83. The Morgan fingerprint density at radius 1 is 0.875 bits per heavy atom. The van der Waals surface area contributed by atoms with E-state index in [9.17, 15) is 5.11 Å². The summed E-state index contributed by atoms with van der Waals surface area (Å²) in [6, 6.07) is 22.7. The smallest absolute Gasteiger partial charge is 0.0431 e. The van der Waals surface area contributed by atoms with Gasteiger partial charge in [-0.05, 0) is 29.9 Å². The zero-order valence-corrected chi connectivity index (χ0v) is 14.7. The fourth-order valence-corrected chi connectivity index (χ4v) is 4.31. The Morgan fingerprint density at radius 3 is 1.92 bits per heavy atom. The molecule has 0 bridgehead atoms. The Morgan fingerprint density at radius 2 is 1.42 bits per heavy atom. The van der Waals surface area contributed by atoms with Crippen molar-refractivity contribution in [3.63, 3.8) is 0 Å². The van der Waals surface area contributed by atoms with Crippen LogP contribution in [0, 0.1) is 5.92 Å². The third-order valence-corrected chi connectivity index (χ3v) is 5.37. The molecule has 0 aromatic heterocycles. The normalized spacial score (nSPS) is 26.8. The number of benzene rings is 2. The molecule has 0 aliphatic carbocycles. The van der Waals surface area contributed by atoms with E-state index in [1.807, 2.05) is 0 Å². The summed E-state index contributed by atoms with van der Waals surface area (Å²) in [7, 11) is 0. The second kappa shape index (κ2) is 7.96. The minimum absolute atomic E-state index is 0.266. The highest BCUT2D eigenvalue weighted by Crippen LogP contribution is 2.46. The number of hydrogen-bond acceptors (Lipinski definition) is 2. The van der Waals surface area contributed by atoms with Crippen LogP contribution in [0.5, 0.6) is 0 Å². The predicted molar refractivity (Wildman–Crippen MR) is 100 cm³/mol. The second-order valence-corrected chi connectivity index (χ2v) is 7.28. The zero-order valence-electron chi connectivity index (χ0n) is 14.7. The summed E-state index contributed by atoms with van der Waals surface area (Å²) in [6.07, 6.45) is 1.87. The quantitative estimate of drug-likeness (QED) is 0.829. The molecule has 1 saturated heterocycles. The van der Waals surface area contributed by atoms with Crippen LogP contribution in [0.2, 0.25) is 0 Å². The van der Waals surface area contributed by atoms with Crippen LogP contribution in [0.3, 0.4) is 0 Å². The van der Waals surface area contributed by atoms with Gasteiger partial charge in [0.15, 0.2) is 0 Å². The first kappa shape index (κ1) is 17.2. The van der Waals surface area contributed by atoms with Gasteiger partial charge in [0.2, 0.25) is 0 Å². The van der Waals surface area contributed by atoms with Crippen LogP contribution in [0.1, 0.15) is 49.7 Å². The molecular formula is C22H29NO. The highest BCUT2D eigenvalue weighted by atomic mass is 16.2. The monoisotopic (exact) mass is 323 g/mol. The Kier molecular flexibility index (Phi) is 5.70. The first-order chi connectivity index (χ1) is 11.7. The zero-order chi connectivity index (χ0) is 16.9. The maximum atomic E-state index is 9.31. The lowest BCUT2D eigenvalue weighted by molar-refractivity contribution is 0.273. The molecule has 1 aliphatic heterocycles. The van der Waals surface area contributed by atoms with E-state index in [1.54, 1.807) is 0 Å². The van der Waals surface area contributed by atoms with Gasteiger partial charge in [0.1, 0.15) is 0 Å². The van der Waals surface area contributed by atoms with E-state index < -0.39 is 0 Å². The molecule has 2 heteroatoms. The van der Waals surface area contributed by atoms with Crippen LogP contribution in [0.4, 0.5) is 0 Å². The number of aliphatic hydroxyl groups is 1. The molecule has 0 spiro atoms. The van der Waals surface area contributed by atoms with Crippen molar-refractivity contribution < 1.29 is 5.11 Å². The molecule has 0 saturated carbocycles. The van der Waals surface area contributed by atoms with Gasteiger partial charge < -0.3 is 10.4 Å². The van der Waals surface area contributed by atoms with Crippen LogP contribution >= 0.6 is 0 Å². The maximum absolute atomic E-state index is 9.31. The number of rotatable bonds is 6. The van der Waals surface area contributed by atoms with Crippen molar-refractivity contribution >= 4 is 0 Å². The van der Waals surface area contributed by atoms with Crippen molar-refractivity contribution in [2.24, 2.45) is 5.92 Å². The first-order valence-corrected chi connectivity index (χ1v) is 9.19. The van der Waals surface area contributed by atoms with Crippen LogP contribution in [-0.2, 0) is 0 Å². The van der Waals surface area contributed by atoms with E-state index in [-0.39, 0.29) is 6.61 Å². The highest BCUT2D eigenvalue weighted by Gasteiger charge is 2.44.